The number of halogens is 2. The Labute approximate surface area is 120 Å². The van der Waals surface area contributed by atoms with Crippen LogP contribution < -0.4 is 5.73 Å². The number of fused-ring (bicyclic) bond motifs is 1. The molecule has 0 fully saturated rings. The molecule has 2 N–H and O–H groups in total. The molecule has 0 amide bonds. The molecule has 1 heterocycles. The van der Waals surface area contributed by atoms with Gasteiger partial charge in [-0.3, -0.25) is 4.79 Å². The predicted molar refractivity (Wildman–Crippen MR) is 75.0 cm³/mol. The standard InChI is InChI=1S/C13H15ClFN3O2/c1-2-20-12(19)4-3-5-18-11-7-9(15)8(14)6-10(11)17-13(18)16/h6-7H,2-5H2,1H3,(H2,16,17). The van der Waals surface area contributed by atoms with Crippen molar-refractivity contribution >= 4 is 34.6 Å². The lowest BCUT2D eigenvalue weighted by atomic mass is 10.2. The second-order valence-corrected chi connectivity index (χ2v) is 4.69. The van der Waals surface area contributed by atoms with Gasteiger partial charge in [0.05, 0.1) is 22.7 Å². The van der Waals surface area contributed by atoms with Crippen molar-refractivity contribution in [3.8, 4) is 0 Å². The smallest absolute Gasteiger partial charge is 0.305 e. The molecule has 5 nitrogen and oxygen atoms in total. The molecule has 0 spiro atoms. The quantitative estimate of drug-likeness (QED) is 0.862. The summed E-state index contributed by atoms with van der Waals surface area (Å²) in [7, 11) is 0. The van der Waals surface area contributed by atoms with Crippen molar-refractivity contribution in [1.82, 2.24) is 9.55 Å². The average Bonchev–Trinajstić information content (AvgIpc) is 2.67. The van der Waals surface area contributed by atoms with Crippen LogP contribution in [0.5, 0.6) is 0 Å². The Morgan fingerprint density at radius 2 is 2.30 bits per heavy atom. The number of carbonyl (C=O) groups excluding carboxylic acids is 1. The number of hydrogen-bond acceptors (Lipinski definition) is 4. The van der Waals surface area contributed by atoms with Crippen LogP contribution in [0.15, 0.2) is 12.1 Å². The predicted octanol–water partition coefficient (Wildman–Crippen LogP) is 2.75. The summed E-state index contributed by atoms with van der Waals surface area (Å²) in [4.78, 5) is 15.4. The Balaban J connectivity index is 2.15. The number of imidazole rings is 1. The Morgan fingerprint density at radius 3 is 3.00 bits per heavy atom. The van der Waals surface area contributed by atoms with E-state index < -0.39 is 5.82 Å². The van der Waals surface area contributed by atoms with Gasteiger partial charge in [0, 0.05) is 19.0 Å². The van der Waals surface area contributed by atoms with E-state index in [1.807, 2.05) is 0 Å². The lowest BCUT2D eigenvalue weighted by molar-refractivity contribution is -0.143. The molecule has 0 aliphatic heterocycles. The number of ether oxygens (including phenoxy) is 1. The highest BCUT2D eigenvalue weighted by atomic mass is 35.5. The fourth-order valence-electron chi connectivity index (χ4n) is 1.99. The second kappa shape index (κ2) is 6.09. The number of esters is 1. The van der Waals surface area contributed by atoms with E-state index in [4.69, 9.17) is 22.1 Å². The summed E-state index contributed by atoms with van der Waals surface area (Å²) < 4.78 is 20.0. The van der Waals surface area contributed by atoms with Gasteiger partial charge >= 0.3 is 5.97 Å². The van der Waals surface area contributed by atoms with Gasteiger partial charge in [-0.05, 0) is 19.4 Å². The highest BCUT2D eigenvalue weighted by molar-refractivity contribution is 6.31. The van der Waals surface area contributed by atoms with Crippen molar-refractivity contribution in [2.24, 2.45) is 0 Å². The molecular weight excluding hydrogens is 285 g/mol. The highest BCUT2D eigenvalue weighted by Crippen LogP contribution is 2.25. The van der Waals surface area contributed by atoms with Gasteiger partial charge in [-0.25, -0.2) is 9.37 Å². The van der Waals surface area contributed by atoms with Gasteiger partial charge in [-0.1, -0.05) is 11.6 Å². The second-order valence-electron chi connectivity index (χ2n) is 4.29. The van der Waals surface area contributed by atoms with Crippen molar-refractivity contribution in [2.75, 3.05) is 12.3 Å². The average molecular weight is 300 g/mol. The van der Waals surface area contributed by atoms with Gasteiger partial charge < -0.3 is 15.0 Å². The summed E-state index contributed by atoms with van der Waals surface area (Å²) in [6.45, 7) is 2.58. The zero-order valence-corrected chi connectivity index (χ0v) is 11.8. The molecule has 2 aromatic rings. The molecule has 0 radical (unpaired) electrons. The zero-order valence-electron chi connectivity index (χ0n) is 11.0. The molecule has 1 aromatic heterocycles. The van der Waals surface area contributed by atoms with Crippen LogP contribution in [0.1, 0.15) is 19.8 Å². The molecule has 0 bridgehead atoms. The van der Waals surface area contributed by atoms with Crippen LogP contribution in [0, 0.1) is 5.82 Å². The van der Waals surface area contributed by atoms with Crippen LogP contribution >= 0.6 is 11.6 Å². The number of benzene rings is 1. The molecule has 108 valence electrons. The first-order chi connectivity index (χ1) is 9.52. The number of carbonyl (C=O) groups is 1. The van der Waals surface area contributed by atoms with Gasteiger partial charge in [-0.2, -0.15) is 0 Å². The van der Waals surface area contributed by atoms with Gasteiger partial charge in [0.2, 0.25) is 5.95 Å². The first-order valence-corrected chi connectivity index (χ1v) is 6.67. The monoisotopic (exact) mass is 299 g/mol. The first-order valence-electron chi connectivity index (χ1n) is 6.29. The lowest BCUT2D eigenvalue weighted by Crippen LogP contribution is -2.08. The van der Waals surface area contributed by atoms with E-state index in [0.717, 1.165) is 0 Å². The number of nitrogen functional groups attached to an aromatic ring is 1. The molecule has 1 aromatic carbocycles. The van der Waals surface area contributed by atoms with Crippen LogP contribution in [-0.4, -0.2) is 22.1 Å². The normalized spacial score (nSPS) is 10.9. The summed E-state index contributed by atoms with van der Waals surface area (Å²) in [5, 5.41) is 0.00803. The maximum Gasteiger partial charge on any atom is 0.305 e. The Bertz CT molecular complexity index is 642. The maximum atomic E-state index is 13.5. The van der Waals surface area contributed by atoms with E-state index in [1.165, 1.54) is 12.1 Å². The first kappa shape index (κ1) is 14.6. The molecular formula is C13H15ClFN3O2. The Kier molecular flexibility index (Phi) is 4.44. The summed E-state index contributed by atoms with van der Waals surface area (Å²) in [5.41, 5.74) is 6.89. The van der Waals surface area contributed by atoms with E-state index in [-0.39, 0.29) is 23.4 Å². The maximum absolute atomic E-state index is 13.5. The minimum absolute atomic E-state index is 0.00803. The van der Waals surface area contributed by atoms with Crippen molar-refractivity contribution < 1.29 is 13.9 Å². The number of aryl methyl sites for hydroxylation is 1. The van der Waals surface area contributed by atoms with E-state index in [0.29, 0.717) is 30.6 Å². The van der Waals surface area contributed by atoms with E-state index in [1.54, 1.807) is 11.5 Å². The number of nitrogens with two attached hydrogens (primary N) is 1. The fourth-order valence-corrected chi connectivity index (χ4v) is 2.15. The molecule has 2 rings (SSSR count). The van der Waals surface area contributed by atoms with Crippen LogP contribution in [0.25, 0.3) is 11.0 Å². The minimum Gasteiger partial charge on any atom is -0.466 e. The van der Waals surface area contributed by atoms with Crippen molar-refractivity contribution in [3.63, 3.8) is 0 Å². The lowest BCUT2D eigenvalue weighted by Gasteiger charge is -2.06. The SMILES string of the molecule is CCOC(=O)CCCn1c(N)nc2cc(Cl)c(F)cc21. The topological polar surface area (TPSA) is 70.1 Å². The van der Waals surface area contributed by atoms with Crippen molar-refractivity contribution in [3.05, 3.63) is 23.0 Å². The van der Waals surface area contributed by atoms with Crippen molar-refractivity contribution in [2.45, 2.75) is 26.3 Å². The molecule has 0 aliphatic carbocycles. The van der Waals surface area contributed by atoms with Crippen LogP contribution in [0.2, 0.25) is 5.02 Å². The number of rotatable bonds is 5. The largest absolute Gasteiger partial charge is 0.466 e. The highest BCUT2D eigenvalue weighted by Gasteiger charge is 2.12. The van der Waals surface area contributed by atoms with E-state index in [2.05, 4.69) is 4.98 Å². The van der Waals surface area contributed by atoms with E-state index in [9.17, 15) is 9.18 Å². The molecule has 0 atom stereocenters. The Morgan fingerprint density at radius 1 is 1.55 bits per heavy atom. The van der Waals surface area contributed by atoms with Gasteiger partial charge in [0.15, 0.2) is 0 Å². The van der Waals surface area contributed by atoms with E-state index >= 15 is 0 Å². The summed E-state index contributed by atoms with van der Waals surface area (Å²) >= 11 is 5.70. The summed E-state index contributed by atoms with van der Waals surface area (Å²) in [6, 6.07) is 2.73. The van der Waals surface area contributed by atoms with Gasteiger partial charge in [0.25, 0.3) is 0 Å². The third-order valence-corrected chi connectivity index (χ3v) is 3.18. The molecule has 0 unspecified atom stereocenters. The fraction of sp³-hybridized carbons (Fsp3) is 0.385. The number of aromatic nitrogens is 2. The number of nitrogens with zero attached hydrogens (tertiary/aromatic N) is 2. The Hall–Kier alpha value is -1.82. The molecule has 20 heavy (non-hydrogen) atoms. The van der Waals surface area contributed by atoms with Gasteiger partial charge in [-0.15, -0.1) is 0 Å². The summed E-state index contributed by atoms with van der Waals surface area (Å²) in [5.74, 6) is -0.513. The van der Waals surface area contributed by atoms with Crippen molar-refractivity contribution in [1.29, 1.82) is 0 Å². The molecule has 0 aliphatic rings. The zero-order chi connectivity index (χ0) is 14.7. The molecule has 0 saturated carbocycles. The van der Waals surface area contributed by atoms with Crippen LogP contribution in [-0.2, 0) is 16.1 Å². The summed E-state index contributed by atoms with van der Waals surface area (Å²) in [6.07, 6.45) is 0.821. The van der Waals surface area contributed by atoms with Crippen LogP contribution in [0.4, 0.5) is 10.3 Å². The van der Waals surface area contributed by atoms with Crippen LogP contribution in [0.3, 0.4) is 0 Å². The third kappa shape index (κ3) is 3.01. The number of anilines is 1. The number of hydrogen-bond donors (Lipinski definition) is 1. The molecule has 7 heteroatoms. The molecule has 0 saturated heterocycles. The third-order valence-electron chi connectivity index (χ3n) is 2.89. The van der Waals surface area contributed by atoms with Gasteiger partial charge in [0.1, 0.15) is 5.82 Å². The minimum atomic E-state index is -0.522.